The molecule has 0 radical (unpaired) electrons. The molecule has 0 aliphatic rings. The van der Waals surface area contributed by atoms with Gasteiger partial charge >= 0.3 is 5.97 Å². The second-order valence-corrected chi connectivity index (χ2v) is 2.45. The van der Waals surface area contributed by atoms with Gasteiger partial charge in [0.15, 0.2) is 6.61 Å². The highest BCUT2D eigenvalue weighted by Crippen LogP contribution is 2.12. The Balaban J connectivity index is 2.54. The predicted molar refractivity (Wildman–Crippen MR) is 46.5 cm³/mol. The lowest BCUT2D eigenvalue weighted by Gasteiger charge is -2.05. The Bertz CT molecular complexity index is 299. The number of aryl methyl sites for hydroxylation is 1. The highest BCUT2D eigenvalue weighted by molar-refractivity contribution is 5.70. The Morgan fingerprint density at radius 3 is 3.00 bits per heavy atom. The summed E-state index contributed by atoms with van der Waals surface area (Å²) in [7, 11) is 1.32. The topological polar surface area (TPSA) is 48.4 Å². The number of hydrogen-bond acceptors (Lipinski definition) is 4. The van der Waals surface area contributed by atoms with Gasteiger partial charge in [-0.25, -0.2) is 4.79 Å². The molecule has 1 aromatic heterocycles. The predicted octanol–water partition coefficient (Wildman–Crippen LogP) is 0.942. The van der Waals surface area contributed by atoms with Crippen molar-refractivity contribution in [2.75, 3.05) is 13.7 Å². The lowest BCUT2D eigenvalue weighted by atomic mass is 10.3. The first-order chi connectivity index (χ1) is 6.24. The highest BCUT2D eigenvalue weighted by Gasteiger charge is 2.03. The van der Waals surface area contributed by atoms with Gasteiger partial charge in [0.25, 0.3) is 0 Å². The van der Waals surface area contributed by atoms with Crippen molar-refractivity contribution in [3.8, 4) is 5.75 Å². The summed E-state index contributed by atoms with van der Waals surface area (Å²) in [5.74, 6) is 0.205. The van der Waals surface area contributed by atoms with Gasteiger partial charge in [0.05, 0.1) is 12.8 Å². The number of carbonyl (C=O) groups is 1. The van der Waals surface area contributed by atoms with Gasteiger partial charge in [-0.05, 0) is 19.1 Å². The molecule has 4 nitrogen and oxygen atoms in total. The van der Waals surface area contributed by atoms with Crippen molar-refractivity contribution in [2.45, 2.75) is 6.92 Å². The van der Waals surface area contributed by atoms with E-state index >= 15 is 0 Å². The molecular formula is C9H11NO3. The van der Waals surface area contributed by atoms with E-state index in [0.29, 0.717) is 5.75 Å². The summed E-state index contributed by atoms with van der Waals surface area (Å²) < 4.78 is 9.58. The van der Waals surface area contributed by atoms with Gasteiger partial charge in [0, 0.05) is 6.20 Å². The van der Waals surface area contributed by atoms with Crippen molar-refractivity contribution in [1.82, 2.24) is 4.98 Å². The summed E-state index contributed by atoms with van der Waals surface area (Å²) in [6, 6.07) is 3.50. The van der Waals surface area contributed by atoms with Crippen LogP contribution in [0.4, 0.5) is 0 Å². The first-order valence-electron chi connectivity index (χ1n) is 3.85. The molecule has 0 atom stereocenters. The lowest BCUT2D eigenvalue weighted by Crippen LogP contribution is -2.13. The van der Waals surface area contributed by atoms with Crippen molar-refractivity contribution >= 4 is 5.97 Å². The summed E-state index contributed by atoms with van der Waals surface area (Å²) in [6.07, 6.45) is 1.67. The summed E-state index contributed by atoms with van der Waals surface area (Å²) in [6.45, 7) is 1.73. The lowest BCUT2D eigenvalue weighted by molar-refractivity contribution is -0.142. The van der Waals surface area contributed by atoms with Gasteiger partial charge in [0.1, 0.15) is 5.75 Å². The SMILES string of the molecule is COC(=O)COc1cccnc1C. The first kappa shape index (κ1) is 9.51. The van der Waals surface area contributed by atoms with Gasteiger partial charge in [-0.2, -0.15) is 0 Å². The van der Waals surface area contributed by atoms with Crippen molar-refractivity contribution < 1.29 is 14.3 Å². The number of pyridine rings is 1. The molecule has 70 valence electrons. The number of ether oxygens (including phenoxy) is 2. The Morgan fingerprint density at radius 1 is 1.62 bits per heavy atom. The van der Waals surface area contributed by atoms with Gasteiger partial charge in [-0.15, -0.1) is 0 Å². The Hall–Kier alpha value is -1.58. The zero-order valence-corrected chi connectivity index (χ0v) is 7.61. The maximum absolute atomic E-state index is 10.7. The average Bonchev–Trinajstić information content (AvgIpc) is 2.16. The average molecular weight is 181 g/mol. The van der Waals surface area contributed by atoms with E-state index in [0.717, 1.165) is 5.69 Å². The number of nitrogens with zero attached hydrogens (tertiary/aromatic N) is 1. The van der Waals surface area contributed by atoms with Gasteiger partial charge in [-0.3, -0.25) is 4.98 Å². The second kappa shape index (κ2) is 4.45. The third kappa shape index (κ3) is 2.74. The van der Waals surface area contributed by atoms with Crippen LogP contribution in [-0.2, 0) is 9.53 Å². The minimum atomic E-state index is -0.400. The fourth-order valence-electron chi connectivity index (χ4n) is 0.818. The van der Waals surface area contributed by atoms with E-state index in [1.165, 1.54) is 7.11 Å². The van der Waals surface area contributed by atoms with Crippen LogP contribution in [0.5, 0.6) is 5.75 Å². The number of methoxy groups -OCH3 is 1. The quantitative estimate of drug-likeness (QED) is 0.651. The zero-order valence-electron chi connectivity index (χ0n) is 7.61. The van der Waals surface area contributed by atoms with Gasteiger partial charge < -0.3 is 9.47 Å². The molecule has 1 rings (SSSR count). The molecule has 0 aliphatic carbocycles. The number of rotatable bonds is 3. The van der Waals surface area contributed by atoms with Crippen molar-refractivity contribution in [3.63, 3.8) is 0 Å². The normalized spacial score (nSPS) is 9.38. The summed E-state index contributed by atoms with van der Waals surface area (Å²) >= 11 is 0. The molecule has 4 heteroatoms. The minimum Gasteiger partial charge on any atom is -0.480 e. The van der Waals surface area contributed by atoms with Crippen LogP contribution in [0.3, 0.4) is 0 Å². The van der Waals surface area contributed by atoms with Crippen LogP contribution in [0.15, 0.2) is 18.3 Å². The minimum absolute atomic E-state index is 0.0803. The zero-order chi connectivity index (χ0) is 9.68. The molecule has 0 aromatic carbocycles. The smallest absolute Gasteiger partial charge is 0.343 e. The maximum atomic E-state index is 10.7. The van der Waals surface area contributed by atoms with Crippen molar-refractivity contribution in [1.29, 1.82) is 0 Å². The van der Waals surface area contributed by atoms with E-state index in [1.807, 2.05) is 6.92 Å². The molecule has 0 fully saturated rings. The molecule has 0 saturated carbocycles. The molecule has 0 spiro atoms. The van der Waals surface area contributed by atoms with Crippen LogP contribution in [0, 0.1) is 6.92 Å². The van der Waals surface area contributed by atoms with Crippen LogP contribution in [-0.4, -0.2) is 24.7 Å². The van der Waals surface area contributed by atoms with E-state index in [1.54, 1.807) is 18.3 Å². The van der Waals surface area contributed by atoms with E-state index in [9.17, 15) is 4.79 Å². The molecule has 0 N–H and O–H groups in total. The molecule has 0 aliphatic heterocycles. The third-order valence-electron chi connectivity index (χ3n) is 1.53. The van der Waals surface area contributed by atoms with Crippen LogP contribution in [0.25, 0.3) is 0 Å². The van der Waals surface area contributed by atoms with Crippen LogP contribution >= 0.6 is 0 Å². The first-order valence-corrected chi connectivity index (χ1v) is 3.85. The molecule has 0 saturated heterocycles. The molecule has 1 heterocycles. The summed E-state index contributed by atoms with van der Waals surface area (Å²) in [5, 5.41) is 0. The fraction of sp³-hybridized carbons (Fsp3) is 0.333. The van der Waals surface area contributed by atoms with E-state index < -0.39 is 5.97 Å². The maximum Gasteiger partial charge on any atom is 0.343 e. The summed E-state index contributed by atoms with van der Waals surface area (Å²) in [4.78, 5) is 14.7. The monoisotopic (exact) mass is 181 g/mol. The molecule has 1 aromatic rings. The van der Waals surface area contributed by atoms with E-state index in [-0.39, 0.29) is 6.61 Å². The highest BCUT2D eigenvalue weighted by atomic mass is 16.6. The van der Waals surface area contributed by atoms with Crippen LogP contribution < -0.4 is 4.74 Å². The number of esters is 1. The Kier molecular flexibility index (Phi) is 3.25. The second-order valence-electron chi connectivity index (χ2n) is 2.45. The Labute approximate surface area is 76.5 Å². The van der Waals surface area contributed by atoms with Crippen LogP contribution in [0.2, 0.25) is 0 Å². The molecule has 0 amide bonds. The van der Waals surface area contributed by atoms with E-state index in [2.05, 4.69) is 9.72 Å². The number of hydrogen-bond donors (Lipinski definition) is 0. The number of aromatic nitrogens is 1. The van der Waals surface area contributed by atoms with Crippen molar-refractivity contribution in [2.24, 2.45) is 0 Å². The fourth-order valence-corrected chi connectivity index (χ4v) is 0.818. The molecular weight excluding hydrogens is 170 g/mol. The molecule has 0 bridgehead atoms. The summed E-state index contributed by atoms with van der Waals surface area (Å²) in [5.41, 5.74) is 0.756. The van der Waals surface area contributed by atoms with Gasteiger partial charge in [-0.1, -0.05) is 0 Å². The number of carbonyl (C=O) groups excluding carboxylic acids is 1. The van der Waals surface area contributed by atoms with E-state index in [4.69, 9.17) is 4.74 Å². The van der Waals surface area contributed by atoms with Crippen molar-refractivity contribution in [3.05, 3.63) is 24.0 Å². The van der Waals surface area contributed by atoms with Gasteiger partial charge in [0.2, 0.25) is 0 Å². The molecule has 13 heavy (non-hydrogen) atoms. The van der Waals surface area contributed by atoms with Crippen LogP contribution in [0.1, 0.15) is 5.69 Å². The standard InChI is InChI=1S/C9H11NO3/c1-7-8(4-3-5-10-7)13-6-9(11)12-2/h3-5H,6H2,1-2H3. The Morgan fingerprint density at radius 2 is 2.38 bits per heavy atom. The third-order valence-corrected chi connectivity index (χ3v) is 1.53. The molecule has 0 unspecified atom stereocenters. The largest absolute Gasteiger partial charge is 0.480 e.